The van der Waals surface area contributed by atoms with Crippen LogP contribution in [-0.2, 0) is 4.74 Å². The molecular formula is C13H18N4O. The lowest BCUT2D eigenvalue weighted by Crippen LogP contribution is -2.41. The zero-order chi connectivity index (χ0) is 13.0. The van der Waals surface area contributed by atoms with Gasteiger partial charge in [-0.25, -0.2) is 9.97 Å². The highest BCUT2D eigenvalue weighted by molar-refractivity contribution is 5.32. The van der Waals surface area contributed by atoms with Gasteiger partial charge in [0.15, 0.2) is 0 Å². The van der Waals surface area contributed by atoms with Crippen molar-refractivity contribution in [2.24, 2.45) is 0 Å². The predicted molar refractivity (Wildman–Crippen MR) is 68.0 cm³/mol. The number of ether oxygens (including phenoxy) is 1. The minimum atomic E-state index is 0.0171. The molecule has 5 heteroatoms. The maximum atomic E-state index is 8.69. The van der Waals surface area contributed by atoms with Crippen LogP contribution in [0.15, 0.2) is 12.4 Å². The van der Waals surface area contributed by atoms with Crippen LogP contribution in [0.5, 0.6) is 0 Å². The molecule has 1 saturated carbocycles. The maximum Gasteiger partial charge on any atom is 0.223 e. The molecule has 0 bridgehead atoms. The van der Waals surface area contributed by atoms with E-state index in [0.29, 0.717) is 17.6 Å². The van der Waals surface area contributed by atoms with Crippen LogP contribution < -0.4 is 5.32 Å². The first kappa shape index (κ1) is 12.8. The van der Waals surface area contributed by atoms with Gasteiger partial charge < -0.3 is 10.1 Å². The standard InChI is InChI=1S/C13H18N4O/c1-13(5-3-11(18-2)4-6-13)17-12-15-8-10(7-14)9-16-12/h8-9,11H,3-6H2,1-2H3,(H,15,16,17). The summed E-state index contributed by atoms with van der Waals surface area (Å²) in [6, 6.07) is 2.01. The van der Waals surface area contributed by atoms with Crippen LogP contribution in [-0.4, -0.2) is 28.7 Å². The molecule has 0 unspecified atom stereocenters. The minimum Gasteiger partial charge on any atom is -0.381 e. The number of aromatic nitrogens is 2. The molecule has 1 aliphatic carbocycles. The minimum absolute atomic E-state index is 0.0171. The predicted octanol–water partition coefficient (Wildman–Crippen LogP) is 2.11. The number of hydrogen-bond donors (Lipinski definition) is 1. The molecule has 0 saturated heterocycles. The van der Waals surface area contributed by atoms with Crippen molar-refractivity contribution in [2.45, 2.75) is 44.2 Å². The number of methoxy groups -OCH3 is 1. The Balaban J connectivity index is 1.98. The second kappa shape index (κ2) is 5.32. The van der Waals surface area contributed by atoms with Gasteiger partial charge in [0.25, 0.3) is 0 Å². The third kappa shape index (κ3) is 2.96. The number of nitrogens with zero attached hydrogens (tertiary/aromatic N) is 3. The Labute approximate surface area is 107 Å². The Morgan fingerprint density at radius 1 is 1.39 bits per heavy atom. The van der Waals surface area contributed by atoms with Crippen molar-refractivity contribution in [3.05, 3.63) is 18.0 Å². The highest BCUT2D eigenvalue weighted by Crippen LogP contribution is 2.31. The summed E-state index contributed by atoms with van der Waals surface area (Å²) in [6.45, 7) is 2.18. The van der Waals surface area contributed by atoms with Crippen molar-refractivity contribution in [1.29, 1.82) is 5.26 Å². The summed E-state index contributed by atoms with van der Waals surface area (Å²) in [7, 11) is 1.77. The third-order valence-corrected chi connectivity index (χ3v) is 3.56. The van der Waals surface area contributed by atoms with E-state index in [0.717, 1.165) is 25.7 Å². The molecule has 1 aromatic rings. The monoisotopic (exact) mass is 246 g/mol. The Morgan fingerprint density at radius 3 is 2.50 bits per heavy atom. The van der Waals surface area contributed by atoms with E-state index in [4.69, 9.17) is 10.00 Å². The fourth-order valence-corrected chi connectivity index (χ4v) is 2.31. The van der Waals surface area contributed by atoms with E-state index in [1.54, 1.807) is 19.5 Å². The van der Waals surface area contributed by atoms with Crippen LogP contribution in [0.25, 0.3) is 0 Å². The van der Waals surface area contributed by atoms with Gasteiger partial charge in [-0.3, -0.25) is 0 Å². The van der Waals surface area contributed by atoms with Crippen molar-refractivity contribution < 1.29 is 4.74 Å². The highest BCUT2D eigenvalue weighted by Gasteiger charge is 2.31. The lowest BCUT2D eigenvalue weighted by atomic mass is 9.82. The summed E-state index contributed by atoms with van der Waals surface area (Å²) >= 11 is 0. The zero-order valence-electron chi connectivity index (χ0n) is 10.8. The molecule has 0 aliphatic heterocycles. The van der Waals surface area contributed by atoms with Crippen molar-refractivity contribution in [3.63, 3.8) is 0 Å². The van der Waals surface area contributed by atoms with Crippen molar-refractivity contribution >= 4 is 5.95 Å². The molecule has 18 heavy (non-hydrogen) atoms. The molecule has 0 radical (unpaired) electrons. The molecule has 0 aromatic carbocycles. The second-order valence-electron chi connectivity index (χ2n) is 5.03. The van der Waals surface area contributed by atoms with Crippen LogP contribution in [0.2, 0.25) is 0 Å². The van der Waals surface area contributed by atoms with Gasteiger partial charge in [0.05, 0.1) is 24.1 Å². The van der Waals surface area contributed by atoms with Crippen molar-refractivity contribution in [1.82, 2.24) is 9.97 Å². The lowest BCUT2D eigenvalue weighted by Gasteiger charge is -2.37. The average Bonchev–Trinajstić information content (AvgIpc) is 2.40. The van der Waals surface area contributed by atoms with E-state index >= 15 is 0 Å². The summed E-state index contributed by atoms with van der Waals surface area (Å²) in [5.74, 6) is 0.590. The van der Waals surface area contributed by atoms with Crippen LogP contribution >= 0.6 is 0 Å². The summed E-state index contributed by atoms with van der Waals surface area (Å²) in [4.78, 5) is 8.30. The SMILES string of the molecule is COC1CCC(C)(Nc2ncc(C#N)cn2)CC1. The molecule has 1 N–H and O–H groups in total. The van der Waals surface area contributed by atoms with Gasteiger partial charge >= 0.3 is 0 Å². The first-order chi connectivity index (χ1) is 8.65. The largest absolute Gasteiger partial charge is 0.381 e. The third-order valence-electron chi connectivity index (χ3n) is 3.56. The number of anilines is 1. The molecule has 0 amide bonds. The molecule has 0 spiro atoms. The molecule has 5 nitrogen and oxygen atoms in total. The van der Waals surface area contributed by atoms with Crippen LogP contribution in [0.3, 0.4) is 0 Å². The van der Waals surface area contributed by atoms with E-state index in [1.807, 2.05) is 6.07 Å². The van der Waals surface area contributed by atoms with Crippen LogP contribution in [0.1, 0.15) is 38.2 Å². The first-order valence-corrected chi connectivity index (χ1v) is 6.18. The summed E-state index contributed by atoms with van der Waals surface area (Å²) in [5.41, 5.74) is 0.497. The van der Waals surface area contributed by atoms with Crippen LogP contribution in [0.4, 0.5) is 5.95 Å². The summed E-state index contributed by atoms with van der Waals surface area (Å²) < 4.78 is 5.37. The van der Waals surface area contributed by atoms with Gasteiger partial charge in [-0.15, -0.1) is 0 Å². The average molecular weight is 246 g/mol. The fraction of sp³-hybridized carbons (Fsp3) is 0.615. The number of rotatable bonds is 3. The van der Waals surface area contributed by atoms with Gasteiger partial charge in [-0.2, -0.15) is 5.26 Å². The normalized spacial score (nSPS) is 27.5. The molecule has 0 atom stereocenters. The topological polar surface area (TPSA) is 70.8 Å². The van der Waals surface area contributed by atoms with Crippen molar-refractivity contribution in [3.8, 4) is 6.07 Å². The van der Waals surface area contributed by atoms with Gasteiger partial charge in [-0.1, -0.05) is 0 Å². The van der Waals surface area contributed by atoms with Gasteiger partial charge in [-0.05, 0) is 32.6 Å². The molecule has 1 aromatic heterocycles. The zero-order valence-corrected chi connectivity index (χ0v) is 10.8. The molecule has 1 fully saturated rings. The fourth-order valence-electron chi connectivity index (χ4n) is 2.31. The maximum absolute atomic E-state index is 8.69. The highest BCUT2D eigenvalue weighted by atomic mass is 16.5. The molecular weight excluding hydrogens is 228 g/mol. The second-order valence-corrected chi connectivity index (χ2v) is 5.03. The van der Waals surface area contributed by atoms with Crippen LogP contribution in [0, 0.1) is 11.3 Å². The quantitative estimate of drug-likeness (QED) is 0.884. The number of hydrogen-bond acceptors (Lipinski definition) is 5. The molecule has 1 heterocycles. The van der Waals surface area contributed by atoms with E-state index in [-0.39, 0.29) is 5.54 Å². The van der Waals surface area contributed by atoms with Gasteiger partial charge in [0.1, 0.15) is 6.07 Å². The van der Waals surface area contributed by atoms with E-state index in [1.165, 1.54) is 0 Å². The van der Waals surface area contributed by atoms with Gasteiger partial charge in [0.2, 0.25) is 5.95 Å². The number of nitrogens with one attached hydrogen (secondary N) is 1. The Kier molecular flexibility index (Phi) is 3.78. The van der Waals surface area contributed by atoms with Gasteiger partial charge in [0, 0.05) is 12.6 Å². The van der Waals surface area contributed by atoms with Crippen molar-refractivity contribution in [2.75, 3.05) is 12.4 Å². The van der Waals surface area contributed by atoms with E-state index in [9.17, 15) is 0 Å². The first-order valence-electron chi connectivity index (χ1n) is 6.18. The van der Waals surface area contributed by atoms with E-state index in [2.05, 4.69) is 22.2 Å². The molecule has 96 valence electrons. The summed E-state index contributed by atoms with van der Waals surface area (Å²) in [6.07, 6.45) is 7.64. The Morgan fingerprint density at radius 2 is 2.00 bits per heavy atom. The Bertz CT molecular complexity index is 429. The molecule has 2 rings (SSSR count). The lowest BCUT2D eigenvalue weighted by molar-refractivity contribution is 0.0563. The van der Waals surface area contributed by atoms with E-state index < -0.39 is 0 Å². The molecule has 1 aliphatic rings. The smallest absolute Gasteiger partial charge is 0.223 e. The Hall–Kier alpha value is -1.67. The number of nitriles is 1. The summed E-state index contributed by atoms with van der Waals surface area (Å²) in [5, 5.41) is 12.1.